The smallest absolute Gasteiger partial charge is 0.250 e. The molecule has 3 unspecified atom stereocenters. The molecule has 1 rings (SSSR count). The van der Waals surface area contributed by atoms with E-state index >= 15 is 0 Å². The van der Waals surface area contributed by atoms with Gasteiger partial charge in [0.1, 0.15) is 6.10 Å². The molecule has 0 aromatic heterocycles. The van der Waals surface area contributed by atoms with Crippen LogP contribution in [-0.2, 0) is 4.74 Å². The van der Waals surface area contributed by atoms with Crippen LogP contribution in [0.25, 0.3) is 0 Å². The monoisotopic (exact) mass is 302 g/mol. The van der Waals surface area contributed by atoms with Crippen molar-refractivity contribution in [2.75, 3.05) is 0 Å². The number of ether oxygens (including phenoxy) is 1. The summed E-state index contributed by atoms with van der Waals surface area (Å²) in [5.74, 6) is -3.32. The Labute approximate surface area is 129 Å². The summed E-state index contributed by atoms with van der Waals surface area (Å²) in [7, 11) is 0. The van der Waals surface area contributed by atoms with Crippen LogP contribution in [-0.4, -0.2) is 33.0 Å². The van der Waals surface area contributed by atoms with Crippen LogP contribution in [0.4, 0.5) is 0 Å². The van der Waals surface area contributed by atoms with E-state index in [1.54, 1.807) is 0 Å². The summed E-state index contributed by atoms with van der Waals surface area (Å²) in [4.78, 5) is 0. The van der Waals surface area contributed by atoms with E-state index in [0.29, 0.717) is 6.42 Å². The molecular formula is C17H34O4. The number of epoxide rings is 1. The lowest BCUT2D eigenvalue weighted by Gasteiger charge is -2.14. The molecule has 3 atom stereocenters. The lowest BCUT2D eigenvalue weighted by Crippen LogP contribution is -2.36. The SMILES string of the molecule is CCCCCCCCCCCCCC(O)C1(O)OC1(C)O. The maximum atomic E-state index is 9.79. The highest BCUT2D eigenvalue weighted by atomic mass is 16.8. The summed E-state index contributed by atoms with van der Waals surface area (Å²) in [6.07, 6.45) is 13.3. The Bertz CT molecular complexity index is 280. The molecule has 0 aromatic rings. The Morgan fingerprint density at radius 1 is 0.810 bits per heavy atom. The lowest BCUT2D eigenvalue weighted by atomic mass is 10.0. The zero-order chi connectivity index (χ0) is 15.8. The number of hydrogen-bond acceptors (Lipinski definition) is 4. The average Bonchev–Trinajstić information content (AvgIpc) is 2.96. The molecule has 4 nitrogen and oxygen atoms in total. The molecule has 1 fully saturated rings. The van der Waals surface area contributed by atoms with Gasteiger partial charge < -0.3 is 20.1 Å². The van der Waals surface area contributed by atoms with Crippen molar-refractivity contribution in [3.63, 3.8) is 0 Å². The number of rotatable bonds is 13. The molecule has 4 heteroatoms. The minimum atomic E-state index is -1.74. The van der Waals surface area contributed by atoms with Crippen molar-refractivity contribution in [2.24, 2.45) is 0 Å². The van der Waals surface area contributed by atoms with Gasteiger partial charge in [-0.1, -0.05) is 77.6 Å². The van der Waals surface area contributed by atoms with Crippen molar-refractivity contribution in [3.8, 4) is 0 Å². The van der Waals surface area contributed by atoms with Crippen molar-refractivity contribution >= 4 is 0 Å². The maximum absolute atomic E-state index is 9.79. The standard InChI is InChI=1S/C17H34O4/c1-3-4-5-6-7-8-9-10-11-12-13-14-15(18)17(20)16(2,19)21-17/h15,18-20H,3-14H2,1-2H3. The van der Waals surface area contributed by atoms with Crippen LogP contribution in [0.2, 0.25) is 0 Å². The summed E-state index contributed by atoms with van der Waals surface area (Å²) in [5.41, 5.74) is 0. The molecule has 1 aliphatic rings. The van der Waals surface area contributed by atoms with E-state index in [-0.39, 0.29) is 0 Å². The highest BCUT2D eigenvalue weighted by molar-refractivity contribution is 5.01. The summed E-state index contributed by atoms with van der Waals surface area (Å²) in [5, 5.41) is 29.0. The van der Waals surface area contributed by atoms with Gasteiger partial charge >= 0.3 is 0 Å². The number of unbranched alkanes of at least 4 members (excludes halogenated alkanes) is 10. The van der Waals surface area contributed by atoms with Gasteiger partial charge in [0.05, 0.1) is 0 Å². The molecule has 1 heterocycles. The Hall–Kier alpha value is -0.160. The van der Waals surface area contributed by atoms with Crippen LogP contribution in [0.3, 0.4) is 0 Å². The maximum Gasteiger partial charge on any atom is 0.250 e. The third-order valence-corrected chi connectivity index (χ3v) is 4.51. The normalized spacial score (nSPS) is 29.6. The molecule has 0 aromatic carbocycles. The Morgan fingerprint density at radius 2 is 1.19 bits per heavy atom. The van der Waals surface area contributed by atoms with Crippen molar-refractivity contribution in [3.05, 3.63) is 0 Å². The molecular weight excluding hydrogens is 268 g/mol. The van der Waals surface area contributed by atoms with Gasteiger partial charge in [-0.3, -0.25) is 0 Å². The van der Waals surface area contributed by atoms with Crippen molar-refractivity contribution in [1.29, 1.82) is 0 Å². The van der Waals surface area contributed by atoms with Gasteiger partial charge in [0, 0.05) is 0 Å². The second kappa shape index (κ2) is 9.09. The number of aliphatic hydroxyl groups is 3. The first kappa shape index (κ1) is 18.9. The average molecular weight is 302 g/mol. The molecule has 1 saturated heterocycles. The second-order valence-corrected chi connectivity index (χ2v) is 6.62. The number of hydrogen-bond donors (Lipinski definition) is 3. The first-order chi connectivity index (χ1) is 9.94. The van der Waals surface area contributed by atoms with E-state index in [1.165, 1.54) is 64.7 Å². The van der Waals surface area contributed by atoms with E-state index in [9.17, 15) is 15.3 Å². The quantitative estimate of drug-likeness (QED) is 0.360. The zero-order valence-electron chi connectivity index (χ0n) is 13.8. The molecule has 3 N–H and O–H groups in total. The molecule has 0 amide bonds. The highest BCUT2D eigenvalue weighted by Crippen LogP contribution is 2.46. The predicted octanol–water partition coefficient (Wildman–Crippen LogP) is 3.48. The van der Waals surface area contributed by atoms with Gasteiger partial charge in [0.15, 0.2) is 0 Å². The van der Waals surface area contributed by atoms with E-state index in [1.807, 2.05) is 0 Å². The molecule has 0 radical (unpaired) electrons. The molecule has 0 aliphatic carbocycles. The largest absolute Gasteiger partial charge is 0.387 e. The number of aliphatic hydroxyl groups excluding tert-OH is 1. The summed E-state index contributed by atoms with van der Waals surface area (Å²) in [6.45, 7) is 3.61. The van der Waals surface area contributed by atoms with Gasteiger partial charge in [-0.05, 0) is 13.3 Å². The van der Waals surface area contributed by atoms with Gasteiger partial charge in [0.2, 0.25) is 11.6 Å². The highest BCUT2D eigenvalue weighted by Gasteiger charge is 2.70. The van der Waals surface area contributed by atoms with Crippen molar-refractivity contribution in [2.45, 2.75) is 109 Å². The van der Waals surface area contributed by atoms with Crippen molar-refractivity contribution in [1.82, 2.24) is 0 Å². The minimum absolute atomic E-state index is 0.476. The third-order valence-electron chi connectivity index (χ3n) is 4.51. The Balaban J connectivity index is 1.85. The van der Waals surface area contributed by atoms with Crippen LogP contribution in [0.15, 0.2) is 0 Å². The molecule has 126 valence electrons. The van der Waals surface area contributed by atoms with Crippen LogP contribution in [0.5, 0.6) is 0 Å². The Morgan fingerprint density at radius 3 is 1.57 bits per heavy atom. The molecule has 21 heavy (non-hydrogen) atoms. The van der Waals surface area contributed by atoms with Gasteiger partial charge in [-0.25, -0.2) is 0 Å². The summed E-state index contributed by atoms with van der Waals surface area (Å²) in [6, 6.07) is 0. The van der Waals surface area contributed by atoms with E-state index < -0.39 is 17.7 Å². The minimum Gasteiger partial charge on any atom is -0.387 e. The summed E-state index contributed by atoms with van der Waals surface area (Å²) < 4.78 is 4.77. The van der Waals surface area contributed by atoms with Crippen molar-refractivity contribution < 1.29 is 20.1 Å². The molecule has 1 aliphatic heterocycles. The van der Waals surface area contributed by atoms with Gasteiger partial charge in [0.25, 0.3) is 0 Å². The van der Waals surface area contributed by atoms with Crippen LogP contribution in [0.1, 0.15) is 90.9 Å². The van der Waals surface area contributed by atoms with Crippen LogP contribution < -0.4 is 0 Å². The fourth-order valence-electron chi connectivity index (χ4n) is 2.85. The molecule has 0 spiro atoms. The first-order valence-electron chi connectivity index (χ1n) is 8.77. The zero-order valence-corrected chi connectivity index (χ0v) is 13.8. The second-order valence-electron chi connectivity index (χ2n) is 6.62. The lowest BCUT2D eigenvalue weighted by molar-refractivity contribution is -0.0815. The van der Waals surface area contributed by atoms with E-state index in [2.05, 4.69) is 6.92 Å². The summed E-state index contributed by atoms with van der Waals surface area (Å²) >= 11 is 0. The Kier molecular flexibility index (Phi) is 8.17. The topological polar surface area (TPSA) is 73.2 Å². The van der Waals surface area contributed by atoms with Crippen LogP contribution >= 0.6 is 0 Å². The molecule has 0 bridgehead atoms. The predicted molar refractivity (Wildman–Crippen MR) is 83.7 cm³/mol. The third kappa shape index (κ3) is 6.23. The fourth-order valence-corrected chi connectivity index (χ4v) is 2.85. The van der Waals surface area contributed by atoms with Gasteiger partial charge in [-0.2, -0.15) is 0 Å². The van der Waals surface area contributed by atoms with E-state index in [0.717, 1.165) is 12.8 Å². The first-order valence-corrected chi connectivity index (χ1v) is 8.77. The van der Waals surface area contributed by atoms with Crippen LogP contribution in [0, 0.1) is 0 Å². The fraction of sp³-hybridized carbons (Fsp3) is 1.00. The van der Waals surface area contributed by atoms with Gasteiger partial charge in [-0.15, -0.1) is 0 Å². The van der Waals surface area contributed by atoms with E-state index in [4.69, 9.17) is 4.74 Å². The molecule has 0 saturated carbocycles.